The molecule has 2 heteroatoms. The van der Waals surface area contributed by atoms with Crippen LogP contribution in [0.3, 0.4) is 0 Å². The number of hydrogen-bond donors (Lipinski definition) is 0. The smallest absolute Gasteiger partial charge is 0.0837 e. The molecule has 0 aliphatic heterocycles. The average Bonchev–Trinajstić information content (AvgIpc) is 2.46. The molecule has 0 spiro atoms. The highest BCUT2D eigenvalue weighted by Gasteiger charge is 2.24. The highest BCUT2D eigenvalue weighted by Crippen LogP contribution is 2.54. The summed E-state index contributed by atoms with van der Waals surface area (Å²) < 4.78 is 0. The first-order valence-electron chi connectivity index (χ1n) is 9.00. The quantitative estimate of drug-likeness (QED) is 0.265. The molecule has 0 unspecified atom stereocenters. The van der Waals surface area contributed by atoms with Crippen molar-refractivity contribution in [2.45, 2.75) is 70.9 Å². The molecule has 0 atom stereocenters. The van der Waals surface area contributed by atoms with Crippen molar-refractivity contribution >= 4 is 7.26 Å². The minimum atomic E-state index is -0.735. The van der Waals surface area contributed by atoms with Crippen molar-refractivity contribution in [2.24, 2.45) is 0 Å². The monoisotopic (exact) mass is 434 g/mol. The second-order valence-electron chi connectivity index (χ2n) is 7.13. The Morgan fingerprint density at radius 1 is 0.727 bits per heavy atom. The predicted molar refractivity (Wildman–Crippen MR) is 101 cm³/mol. The number of benzene rings is 1. The highest BCUT2D eigenvalue weighted by molar-refractivity contribution is 7.73. The zero-order valence-electron chi connectivity index (χ0n) is 15.0. The summed E-state index contributed by atoms with van der Waals surface area (Å²) >= 11 is 0. The van der Waals surface area contributed by atoms with Crippen molar-refractivity contribution in [1.29, 1.82) is 0 Å². The molecule has 0 heterocycles. The van der Waals surface area contributed by atoms with E-state index >= 15 is 0 Å². The topological polar surface area (TPSA) is 0 Å². The summed E-state index contributed by atoms with van der Waals surface area (Å²) in [5.74, 6) is 0. The van der Waals surface area contributed by atoms with E-state index in [4.69, 9.17) is 0 Å². The maximum absolute atomic E-state index is 2.53. The number of unbranched alkanes of at least 4 members (excludes halogenated alkanes) is 8. The molecule has 0 saturated carbocycles. The fourth-order valence-electron chi connectivity index (χ4n) is 3.01. The minimum Gasteiger partial charge on any atom is -1.00 e. The predicted octanol–water partition coefficient (Wildman–Crippen LogP) is 4.00. The Hall–Kier alpha value is 0.380. The second-order valence-corrected chi connectivity index (χ2v) is 11.8. The van der Waals surface area contributed by atoms with Gasteiger partial charge in [-0.3, -0.25) is 0 Å². The molecule has 1 rings (SSSR count). The fraction of sp³-hybridized carbons (Fsp3) is 0.700. The van der Waals surface area contributed by atoms with Gasteiger partial charge in [0.1, 0.15) is 0 Å². The molecule has 0 aliphatic rings. The molecule has 22 heavy (non-hydrogen) atoms. The Labute approximate surface area is 157 Å². The molecule has 0 N–H and O–H groups in total. The third-order valence-corrected chi connectivity index (χ3v) is 7.07. The maximum atomic E-state index is 2.53. The first kappa shape index (κ1) is 22.4. The van der Waals surface area contributed by atoms with Crippen LogP contribution in [0.25, 0.3) is 0 Å². The Bertz CT molecular complexity index is 348. The van der Waals surface area contributed by atoms with Crippen molar-refractivity contribution in [3.8, 4) is 0 Å². The van der Waals surface area contributed by atoms with Crippen LogP contribution in [0.4, 0.5) is 0 Å². The molecule has 1 aromatic carbocycles. The van der Waals surface area contributed by atoms with Gasteiger partial charge in [0.05, 0.1) is 12.3 Å². The van der Waals surface area contributed by atoms with E-state index in [2.05, 4.69) is 50.6 Å². The summed E-state index contributed by atoms with van der Waals surface area (Å²) in [4.78, 5) is 0. The molecule has 0 aromatic heterocycles. The van der Waals surface area contributed by atoms with E-state index in [-0.39, 0.29) is 24.0 Å². The molecule has 1 aromatic rings. The van der Waals surface area contributed by atoms with Crippen molar-refractivity contribution < 1.29 is 24.0 Å². The van der Waals surface area contributed by atoms with Crippen LogP contribution in [0.5, 0.6) is 0 Å². The van der Waals surface area contributed by atoms with Gasteiger partial charge in [-0.05, 0) is 18.4 Å². The maximum Gasteiger partial charge on any atom is 0.0837 e. The molecule has 128 valence electrons. The van der Waals surface area contributed by atoms with Gasteiger partial charge >= 0.3 is 0 Å². The minimum absolute atomic E-state index is 0. The van der Waals surface area contributed by atoms with E-state index in [1.807, 2.05) is 0 Å². The van der Waals surface area contributed by atoms with E-state index < -0.39 is 7.26 Å². The molecular formula is C20H36IP. The highest BCUT2D eigenvalue weighted by atomic mass is 127. The zero-order chi connectivity index (χ0) is 15.4. The Morgan fingerprint density at radius 3 is 1.77 bits per heavy atom. The van der Waals surface area contributed by atoms with E-state index in [0.29, 0.717) is 0 Å². The van der Waals surface area contributed by atoms with Gasteiger partial charge in [0.15, 0.2) is 0 Å². The fourth-order valence-corrected chi connectivity index (χ4v) is 5.44. The van der Waals surface area contributed by atoms with Crippen LogP contribution >= 0.6 is 7.26 Å². The largest absolute Gasteiger partial charge is 1.00 e. The van der Waals surface area contributed by atoms with Crippen molar-refractivity contribution in [2.75, 3.05) is 19.5 Å². The van der Waals surface area contributed by atoms with Gasteiger partial charge in [0, 0.05) is 20.6 Å². The van der Waals surface area contributed by atoms with Crippen LogP contribution in [-0.4, -0.2) is 19.5 Å². The van der Waals surface area contributed by atoms with E-state index in [9.17, 15) is 0 Å². The van der Waals surface area contributed by atoms with Crippen LogP contribution in [-0.2, 0) is 6.16 Å². The molecular weight excluding hydrogens is 398 g/mol. The summed E-state index contributed by atoms with van der Waals surface area (Å²) in [5, 5.41) is 0. The van der Waals surface area contributed by atoms with Gasteiger partial charge < -0.3 is 24.0 Å². The van der Waals surface area contributed by atoms with Gasteiger partial charge in [-0.25, -0.2) is 0 Å². The lowest BCUT2D eigenvalue weighted by atomic mass is 10.1. The van der Waals surface area contributed by atoms with Crippen LogP contribution in [0.1, 0.15) is 70.3 Å². The Balaban J connectivity index is 0.00000441. The van der Waals surface area contributed by atoms with Gasteiger partial charge in [-0.2, -0.15) is 0 Å². The Morgan fingerprint density at radius 2 is 1.23 bits per heavy atom. The molecule has 0 saturated heterocycles. The van der Waals surface area contributed by atoms with Gasteiger partial charge in [-0.1, -0.05) is 82.2 Å². The number of hydrogen-bond acceptors (Lipinski definition) is 0. The molecule has 0 amide bonds. The van der Waals surface area contributed by atoms with Crippen molar-refractivity contribution in [1.82, 2.24) is 0 Å². The summed E-state index contributed by atoms with van der Waals surface area (Å²) in [7, 11) is -0.735. The van der Waals surface area contributed by atoms with Gasteiger partial charge in [0.25, 0.3) is 0 Å². The molecule has 0 bridgehead atoms. The number of halogens is 1. The normalized spacial score (nSPS) is 11.2. The van der Waals surface area contributed by atoms with Crippen LogP contribution in [0.2, 0.25) is 0 Å². The van der Waals surface area contributed by atoms with Crippen molar-refractivity contribution in [3.63, 3.8) is 0 Å². The lowest BCUT2D eigenvalue weighted by Gasteiger charge is -2.18. The lowest BCUT2D eigenvalue weighted by molar-refractivity contribution is -0.00000480. The van der Waals surface area contributed by atoms with Gasteiger partial charge in [0.2, 0.25) is 0 Å². The molecule has 0 radical (unpaired) electrons. The van der Waals surface area contributed by atoms with Crippen LogP contribution < -0.4 is 24.0 Å². The molecule has 0 aliphatic carbocycles. The van der Waals surface area contributed by atoms with E-state index in [1.54, 1.807) is 0 Å². The van der Waals surface area contributed by atoms with Crippen LogP contribution in [0, 0.1) is 0 Å². The summed E-state index contributed by atoms with van der Waals surface area (Å²) in [6.45, 7) is 7.36. The third-order valence-electron chi connectivity index (χ3n) is 4.32. The van der Waals surface area contributed by atoms with E-state index in [1.165, 1.54) is 75.7 Å². The molecule has 0 nitrogen and oxygen atoms in total. The lowest BCUT2D eigenvalue weighted by Crippen LogP contribution is -3.00. The van der Waals surface area contributed by atoms with Gasteiger partial charge in [-0.15, -0.1) is 0 Å². The third kappa shape index (κ3) is 11.9. The zero-order valence-corrected chi connectivity index (χ0v) is 18.0. The molecule has 0 fully saturated rings. The number of rotatable bonds is 12. The first-order chi connectivity index (χ1) is 10.1. The standard InChI is InChI=1S/C20H36P.HI/c1-4-5-6-7-8-9-10-11-15-18-21(2,3)19-20-16-13-12-14-17-20;/h12-14,16-17H,4-11,15,18-19H2,1-3H3;1H/q+1;/p-1. The summed E-state index contributed by atoms with van der Waals surface area (Å²) in [6.07, 6.45) is 15.8. The summed E-state index contributed by atoms with van der Waals surface area (Å²) in [6, 6.07) is 11.0. The van der Waals surface area contributed by atoms with E-state index in [0.717, 1.165) is 0 Å². The summed E-state index contributed by atoms with van der Waals surface area (Å²) in [5.41, 5.74) is 1.53. The first-order valence-corrected chi connectivity index (χ1v) is 12.1. The second kappa shape index (κ2) is 13.8. The SMILES string of the molecule is CCCCCCCCCCC[P+](C)(C)Cc1ccccc1.[I-]. The average molecular weight is 434 g/mol. The van der Waals surface area contributed by atoms with Crippen LogP contribution in [0.15, 0.2) is 30.3 Å². The van der Waals surface area contributed by atoms with Crippen molar-refractivity contribution in [3.05, 3.63) is 35.9 Å². The Kier molecular flexibility index (Phi) is 14.0.